The summed E-state index contributed by atoms with van der Waals surface area (Å²) in [6.45, 7) is 1.88. The van der Waals surface area contributed by atoms with Crippen molar-refractivity contribution in [2.45, 2.75) is 19.4 Å². The second kappa shape index (κ2) is 4.00. The van der Waals surface area contributed by atoms with Gasteiger partial charge in [0.15, 0.2) is 5.78 Å². The molecule has 1 aliphatic rings. The van der Waals surface area contributed by atoms with Crippen molar-refractivity contribution in [2.75, 3.05) is 7.11 Å². The van der Waals surface area contributed by atoms with Gasteiger partial charge in [-0.3, -0.25) is 4.79 Å². The summed E-state index contributed by atoms with van der Waals surface area (Å²) in [4.78, 5) is 11.3. The number of methoxy groups -OCH3 is 1. The molecule has 0 N–H and O–H groups in total. The summed E-state index contributed by atoms with van der Waals surface area (Å²) in [5.41, 5.74) is 1.68. The van der Waals surface area contributed by atoms with E-state index < -0.39 is 0 Å². The molecule has 16 heavy (non-hydrogen) atoms. The Morgan fingerprint density at radius 1 is 1.62 bits per heavy atom. The summed E-state index contributed by atoms with van der Waals surface area (Å²) in [6, 6.07) is 0. The number of carbonyl (C=O) groups is 1. The maximum atomic E-state index is 11.3. The van der Waals surface area contributed by atoms with Crippen molar-refractivity contribution < 1.29 is 14.3 Å². The molecule has 1 atom stereocenters. The first-order valence-corrected chi connectivity index (χ1v) is 5.05. The summed E-state index contributed by atoms with van der Waals surface area (Å²) >= 11 is 0. The van der Waals surface area contributed by atoms with E-state index in [-0.39, 0.29) is 11.9 Å². The number of aromatic nitrogens is 2. The summed E-state index contributed by atoms with van der Waals surface area (Å²) in [5, 5.41) is 4.26. The zero-order valence-electron chi connectivity index (χ0n) is 9.56. The lowest BCUT2D eigenvalue weighted by molar-refractivity contribution is -0.118. The smallest absolute Gasteiger partial charge is 0.218 e. The van der Waals surface area contributed by atoms with Gasteiger partial charge in [0.05, 0.1) is 31.1 Å². The van der Waals surface area contributed by atoms with E-state index in [1.165, 1.54) is 12.3 Å². The maximum Gasteiger partial charge on any atom is 0.218 e. The van der Waals surface area contributed by atoms with Gasteiger partial charge in [0.1, 0.15) is 6.10 Å². The highest BCUT2D eigenvalue weighted by atomic mass is 16.5. The van der Waals surface area contributed by atoms with Crippen LogP contribution in [-0.2, 0) is 16.6 Å². The van der Waals surface area contributed by atoms with E-state index in [2.05, 4.69) is 5.10 Å². The number of hydrogen-bond donors (Lipinski definition) is 0. The minimum Gasteiger partial charge on any atom is -0.492 e. The second-order valence-electron chi connectivity index (χ2n) is 3.73. The fourth-order valence-electron chi connectivity index (χ4n) is 1.95. The summed E-state index contributed by atoms with van der Waals surface area (Å²) in [5.74, 6) is 0.701. The molecule has 0 amide bonds. The molecule has 0 aliphatic carbocycles. The van der Waals surface area contributed by atoms with Crippen molar-refractivity contribution in [3.8, 4) is 5.88 Å². The van der Waals surface area contributed by atoms with E-state index >= 15 is 0 Å². The van der Waals surface area contributed by atoms with Crippen LogP contribution in [0.3, 0.4) is 0 Å². The normalized spacial score (nSPS) is 19.7. The van der Waals surface area contributed by atoms with Gasteiger partial charge in [0.25, 0.3) is 0 Å². The largest absolute Gasteiger partial charge is 0.492 e. The van der Waals surface area contributed by atoms with Crippen molar-refractivity contribution in [3.63, 3.8) is 0 Å². The average Bonchev–Trinajstić information content (AvgIpc) is 2.52. The van der Waals surface area contributed by atoms with Gasteiger partial charge in [-0.25, -0.2) is 4.68 Å². The van der Waals surface area contributed by atoms with E-state index in [0.29, 0.717) is 12.3 Å². The van der Waals surface area contributed by atoms with E-state index in [1.807, 2.05) is 6.92 Å². The Kier molecular flexibility index (Phi) is 2.68. The first-order valence-electron chi connectivity index (χ1n) is 5.05. The number of hydrogen-bond acceptors (Lipinski definition) is 4. The molecule has 2 rings (SSSR count). The van der Waals surface area contributed by atoms with E-state index in [9.17, 15) is 4.79 Å². The van der Waals surface area contributed by atoms with Gasteiger partial charge in [0.2, 0.25) is 5.88 Å². The Morgan fingerprint density at radius 2 is 2.38 bits per heavy atom. The molecule has 1 unspecified atom stereocenters. The Morgan fingerprint density at radius 3 is 3.00 bits per heavy atom. The number of allylic oxidation sites excluding steroid dienone is 1. The predicted octanol–water partition coefficient (Wildman–Crippen LogP) is 1.28. The van der Waals surface area contributed by atoms with Gasteiger partial charge in [-0.2, -0.15) is 5.10 Å². The van der Waals surface area contributed by atoms with Crippen LogP contribution in [0.1, 0.15) is 23.8 Å². The molecule has 86 valence electrons. The van der Waals surface area contributed by atoms with Crippen LogP contribution in [0.4, 0.5) is 0 Å². The fourth-order valence-corrected chi connectivity index (χ4v) is 1.95. The Bertz CT molecular complexity index is 448. The van der Waals surface area contributed by atoms with Crippen molar-refractivity contribution >= 4 is 5.78 Å². The van der Waals surface area contributed by atoms with Crippen LogP contribution in [0.2, 0.25) is 0 Å². The molecule has 0 bridgehead atoms. The predicted molar refractivity (Wildman–Crippen MR) is 57.1 cm³/mol. The standard InChI is InChI=1S/C11H14N2O3/c1-7-10(11(15-3)13(2)12-7)9-6-8(14)4-5-16-9/h4-5,9H,6H2,1-3H3. The van der Waals surface area contributed by atoms with E-state index in [1.54, 1.807) is 18.8 Å². The van der Waals surface area contributed by atoms with Crippen molar-refractivity contribution in [3.05, 3.63) is 23.6 Å². The van der Waals surface area contributed by atoms with Crippen LogP contribution in [0, 0.1) is 6.92 Å². The molecule has 2 heterocycles. The molecule has 0 saturated carbocycles. The first kappa shape index (κ1) is 10.7. The van der Waals surface area contributed by atoms with Crippen molar-refractivity contribution in [1.82, 2.24) is 9.78 Å². The number of aryl methyl sites for hydroxylation is 2. The molecule has 1 aromatic heterocycles. The van der Waals surface area contributed by atoms with Crippen LogP contribution in [0.15, 0.2) is 12.3 Å². The van der Waals surface area contributed by atoms with E-state index in [4.69, 9.17) is 9.47 Å². The molecule has 1 aliphatic heterocycles. The quantitative estimate of drug-likeness (QED) is 0.756. The van der Waals surface area contributed by atoms with Crippen LogP contribution in [0.5, 0.6) is 5.88 Å². The number of ketones is 1. The van der Waals surface area contributed by atoms with Crippen molar-refractivity contribution in [2.24, 2.45) is 7.05 Å². The molecule has 1 aromatic rings. The van der Waals surface area contributed by atoms with Crippen LogP contribution >= 0.6 is 0 Å². The third-order valence-electron chi connectivity index (χ3n) is 2.61. The van der Waals surface area contributed by atoms with Gasteiger partial charge in [-0.15, -0.1) is 0 Å². The highest BCUT2D eigenvalue weighted by Gasteiger charge is 2.27. The Balaban J connectivity index is 2.39. The zero-order chi connectivity index (χ0) is 11.7. The minimum absolute atomic E-state index is 0.0570. The van der Waals surface area contributed by atoms with Gasteiger partial charge in [-0.05, 0) is 6.92 Å². The number of nitrogens with zero attached hydrogens (tertiary/aromatic N) is 2. The summed E-state index contributed by atoms with van der Waals surface area (Å²) < 4.78 is 12.4. The molecule has 0 spiro atoms. The number of ether oxygens (including phenoxy) is 2. The average molecular weight is 222 g/mol. The third-order valence-corrected chi connectivity index (χ3v) is 2.61. The first-order chi connectivity index (χ1) is 7.63. The SMILES string of the molecule is COc1c(C2CC(=O)C=CO2)c(C)nn1C. The molecule has 0 aromatic carbocycles. The third kappa shape index (κ3) is 1.68. The molecule has 5 nitrogen and oxygen atoms in total. The molecule has 0 radical (unpaired) electrons. The molecular weight excluding hydrogens is 208 g/mol. The van der Waals surface area contributed by atoms with Gasteiger partial charge >= 0.3 is 0 Å². The number of rotatable bonds is 2. The minimum atomic E-state index is -0.291. The number of carbonyl (C=O) groups excluding carboxylic acids is 1. The Hall–Kier alpha value is -1.78. The highest BCUT2D eigenvalue weighted by Crippen LogP contribution is 2.34. The van der Waals surface area contributed by atoms with Crippen LogP contribution in [-0.4, -0.2) is 22.7 Å². The van der Waals surface area contributed by atoms with Gasteiger partial charge in [-0.1, -0.05) is 0 Å². The second-order valence-corrected chi connectivity index (χ2v) is 3.73. The molecule has 0 fully saturated rings. The lowest BCUT2D eigenvalue weighted by atomic mass is 10.0. The topological polar surface area (TPSA) is 53.4 Å². The molecular formula is C11H14N2O3. The zero-order valence-corrected chi connectivity index (χ0v) is 9.56. The lowest BCUT2D eigenvalue weighted by Gasteiger charge is -2.19. The van der Waals surface area contributed by atoms with Crippen LogP contribution < -0.4 is 4.74 Å². The summed E-state index contributed by atoms with van der Waals surface area (Å²) in [7, 11) is 3.39. The van der Waals surface area contributed by atoms with Crippen molar-refractivity contribution in [1.29, 1.82) is 0 Å². The van der Waals surface area contributed by atoms with E-state index in [0.717, 1.165) is 11.3 Å². The maximum absolute atomic E-state index is 11.3. The molecule has 0 saturated heterocycles. The monoisotopic (exact) mass is 222 g/mol. The van der Waals surface area contributed by atoms with Gasteiger partial charge < -0.3 is 9.47 Å². The Labute approximate surface area is 93.7 Å². The van der Waals surface area contributed by atoms with Gasteiger partial charge in [0, 0.05) is 13.1 Å². The van der Waals surface area contributed by atoms with Crippen LogP contribution in [0.25, 0.3) is 0 Å². The fraction of sp³-hybridized carbons (Fsp3) is 0.455. The lowest BCUT2D eigenvalue weighted by Crippen LogP contribution is -2.12. The molecule has 5 heteroatoms. The highest BCUT2D eigenvalue weighted by molar-refractivity contribution is 5.90. The summed E-state index contributed by atoms with van der Waals surface area (Å²) in [6.07, 6.45) is 2.91.